The average Bonchev–Trinajstić information content (AvgIpc) is 2.38. The molecular weight excluding hydrogens is 248 g/mol. The van der Waals surface area contributed by atoms with Gasteiger partial charge >= 0.3 is 0 Å². The van der Waals surface area contributed by atoms with Gasteiger partial charge in [-0.25, -0.2) is 0 Å². The van der Waals surface area contributed by atoms with Crippen LogP contribution in [0.25, 0.3) is 0 Å². The Morgan fingerprint density at radius 1 is 1.20 bits per heavy atom. The summed E-state index contributed by atoms with van der Waals surface area (Å²) < 4.78 is 11.9. The van der Waals surface area contributed by atoms with Gasteiger partial charge in [0, 0.05) is 11.5 Å². The van der Waals surface area contributed by atoms with Crippen molar-refractivity contribution in [2.24, 2.45) is 11.8 Å². The van der Waals surface area contributed by atoms with Crippen molar-refractivity contribution in [1.29, 1.82) is 0 Å². The van der Waals surface area contributed by atoms with E-state index in [0.717, 1.165) is 12.0 Å². The lowest BCUT2D eigenvalue weighted by atomic mass is 9.74. The zero-order valence-electron chi connectivity index (χ0n) is 12.3. The van der Waals surface area contributed by atoms with E-state index in [-0.39, 0.29) is 0 Å². The largest absolute Gasteiger partial charge is 0.315 e. The van der Waals surface area contributed by atoms with E-state index in [9.17, 15) is 0 Å². The average molecular weight is 270 g/mol. The van der Waals surface area contributed by atoms with Crippen molar-refractivity contribution in [3.8, 4) is 0 Å². The molecule has 0 bridgehead atoms. The van der Waals surface area contributed by atoms with Gasteiger partial charge in [0.1, 0.15) is 0 Å². The monoisotopic (exact) mass is 270 g/mol. The molecule has 1 heterocycles. The van der Waals surface area contributed by atoms with Crippen LogP contribution < -0.4 is 0 Å². The lowest BCUT2D eigenvalue weighted by Gasteiger charge is -2.47. The Morgan fingerprint density at radius 2 is 1.90 bits per heavy atom. The molecule has 0 radical (unpaired) electrons. The maximum atomic E-state index is 5.94. The van der Waals surface area contributed by atoms with Crippen LogP contribution in [0.1, 0.15) is 32.3 Å². The summed E-state index contributed by atoms with van der Waals surface area (Å²) in [6, 6.07) is 10.2. The first-order valence-electron chi connectivity index (χ1n) is 7.34. The molecule has 1 aromatic rings. The summed E-state index contributed by atoms with van der Waals surface area (Å²) in [7, 11) is 0. The minimum Gasteiger partial charge on any atom is -0.315 e. The van der Waals surface area contributed by atoms with Gasteiger partial charge in [0.15, 0.2) is 6.79 Å². The van der Waals surface area contributed by atoms with E-state index in [1.54, 1.807) is 0 Å². The van der Waals surface area contributed by atoms with Crippen LogP contribution in [0.5, 0.6) is 0 Å². The molecule has 1 aliphatic carbocycles. The molecular formula is C18H22O2. The fourth-order valence-corrected chi connectivity index (χ4v) is 3.28. The molecule has 20 heavy (non-hydrogen) atoms. The van der Waals surface area contributed by atoms with Crippen molar-refractivity contribution in [2.45, 2.75) is 32.5 Å². The van der Waals surface area contributed by atoms with Crippen LogP contribution in [0.15, 0.2) is 54.1 Å². The van der Waals surface area contributed by atoms with Crippen molar-refractivity contribution in [3.63, 3.8) is 0 Å². The lowest BCUT2D eigenvalue weighted by molar-refractivity contribution is -0.390. The summed E-state index contributed by atoms with van der Waals surface area (Å²) in [6.07, 6.45) is 4.66. The smallest absolute Gasteiger partial charge is 0.223 e. The van der Waals surface area contributed by atoms with Crippen LogP contribution in [-0.4, -0.2) is 6.79 Å². The van der Waals surface area contributed by atoms with Crippen molar-refractivity contribution in [2.75, 3.05) is 6.79 Å². The standard InChI is InChI=1S/C18H22O2/c1-13(2)16-10-9-14(3)11-17(16)18(19-12-20-18)15-7-5-4-6-8-15/h4-8,11,14,16H,1,9-10,12H2,2-3H3. The molecule has 0 N–H and O–H groups in total. The number of ether oxygens (including phenoxy) is 2. The lowest BCUT2D eigenvalue weighted by Crippen LogP contribution is -2.48. The highest BCUT2D eigenvalue weighted by molar-refractivity contribution is 5.37. The quantitative estimate of drug-likeness (QED) is 0.758. The van der Waals surface area contributed by atoms with Crippen molar-refractivity contribution < 1.29 is 9.47 Å². The van der Waals surface area contributed by atoms with Gasteiger partial charge in [0.05, 0.1) is 0 Å². The van der Waals surface area contributed by atoms with E-state index >= 15 is 0 Å². The van der Waals surface area contributed by atoms with Crippen LogP contribution in [-0.2, 0) is 15.3 Å². The number of hydrogen-bond donors (Lipinski definition) is 0. The SMILES string of the molecule is C=C(C)C1CCC(C)C=C1C1(c2ccccc2)OCO1. The van der Waals surface area contributed by atoms with Crippen molar-refractivity contribution in [3.05, 3.63) is 59.7 Å². The summed E-state index contributed by atoms with van der Waals surface area (Å²) >= 11 is 0. The second-order valence-corrected chi connectivity index (χ2v) is 5.96. The van der Waals surface area contributed by atoms with Gasteiger partial charge < -0.3 is 9.47 Å². The first-order valence-corrected chi connectivity index (χ1v) is 7.34. The molecule has 2 nitrogen and oxygen atoms in total. The zero-order chi connectivity index (χ0) is 14.2. The second kappa shape index (κ2) is 5.19. The third-order valence-electron chi connectivity index (χ3n) is 4.40. The molecule has 2 atom stereocenters. The fourth-order valence-electron chi connectivity index (χ4n) is 3.28. The van der Waals surface area contributed by atoms with E-state index in [4.69, 9.17) is 9.47 Å². The van der Waals surface area contributed by atoms with Crippen LogP contribution in [0.3, 0.4) is 0 Å². The molecule has 1 saturated heterocycles. The molecule has 0 aromatic heterocycles. The van der Waals surface area contributed by atoms with Gasteiger partial charge in [-0.3, -0.25) is 0 Å². The Bertz CT molecular complexity index is 526. The first kappa shape index (κ1) is 13.6. The van der Waals surface area contributed by atoms with Gasteiger partial charge in [-0.2, -0.15) is 0 Å². The van der Waals surface area contributed by atoms with E-state index in [1.165, 1.54) is 17.6 Å². The molecule has 0 saturated carbocycles. The Labute approximate surface area is 121 Å². The van der Waals surface area contributed by atoms with Gasteiger partial charge in [0.25, 0.3) is 0 Å². The summed E-state index contributed by atoms with van der Waals surface area (Å²) in [5, 5.41) is 0. The Balaban J connectivity index is 2.05. The molecule has 0 amide bonds. The molecule has 1 fully saturated rings. The predicted molar refractivity (Wildman–Crippen MR) is 79.9 cm³/mol. The van der Waals surface area contributed by atoms with E-state index in [2.05, 4.69) is 38.6 Å². The summed E-state index contributed by atoms with van der Waals surface area (Å²) in [6.45, 7) is 8.89. The van der Waals surface area contributed by atoms with Gasteiger partial charge in [-0.1, -0.05) is 55.5 Å². The molecule has 2 heteroatoms. The third-order valence-corrected chi connectivity index (χ3v) is 4.40. The molecule has 0 spiro atoms. The molecule has 3 rings (SSSR count). The van der Waals surface area contributed by atoms with E-state index < -0.39 is 5.79 Å². The molecule has 1 aliphatic heterocycles. The summed E-state index contributed by atoms with van der Waals surface area (Å²) in [4.78, 5) is 0. The van der Waals surface area contributed by atoms with E-state index in [1.807, 2.05) is 18.2 Å². The Hall–Kier alpha value is -1.38. The van der Waals surface area contributed by atoms with Gasteiger partial charge in [-0.05, 0) is 31.3 Å². The number of hydrogen-bond acceptors (Lipinski definition) is 2. The topological polar surface area (TPSA) is 18.5 Å². The fraction of sp³-hybridized carbons (Fsp3) is 0.444. The van der Waals surface area contributed by atoms with E-state index in [0.29, 0.717) is 18.6 Å². The maximum absolute atomic E-state index is 5.94. The third kappa shape index (κ3) is 2.13. The number of benzene rings is 1. The summed E-state index contributed by atoms with van der Waals surface area (Å²) in [5.41, 5.74) is 3.51. The first-order chi connectivity index (χ1) is 9.63. The molecule has 2 aliphatic rings. The second-order valence-electron chi connectivity index (χ2n) is 5.96. The van der Waals surface area contributed by atoms with Crippen LogP contribution >= 0.6 is 0 Å². The molecule has 106 valence electrons. The highest BCUT2D eigenvalue weighted by Crippen LogP contribution is 2.49. The molecule has 2 unspecified atom stereocenters. The number of allylic oxidation sites excluding steroid dienone is 2. The van der Waals surface area contributed by atoms with Crippen molar-refractivity contribution in [1.82, 2.24) is 0 Å². The predicted octanol–water partition coefficient (Wildman–Crippen LogP) is 4.39. The summed E-state index contributed by atoms with van der Waals surface area (Å²) in [5.74, 6) is 0.236. The van der Waals surface area contributed by atoms with Crippen LogP contribution in [0.2, 0.25) is 0 Å². The zero-order valence-corrected chi connectivity index (χ0v) is 12.3. The Morgan fingerprint density at radius 3 is 2.45 bits per heavy atom. The maximum Gasteiger partial charge on any atom is 0.223 e. The minimum atomic E-state index is -0.681. The Kier molecular flexibility index (Phi) is 3.53. The highest BCUT2D eigenvalue weighted by Gasteiger charge is 2.48. The highest BCUT2D eigenvalue weighted by atomic mass is 16.9. The minimum absolute atomic E-state index is 0.353. The van der Waals surface area contributed by atoms with Crippen molar-refractivity contribution >= 4 is 0 Å². The molecule has 1 aromatic carbocycles. The van der Waals surface area contributed by atoms with Gasteiger partial charge in [-0.15, -0.1) is 0 Å². The normalized spacial score (nSPS) is 28.4. The van der Waals surface area contributed by atoms with Gasteiger partial charge in [0.2, 0.25) is 5.79 Å². The number of rotatable bonds is 3. The van der Waals surface area contributed by atoms with Crippen LogP contribution in [0, 0.1) is 11.8 Å². The van der Waals surface area contributed by atoms with Crippen LogP contribution in [0.4, 0.5) is 0 Å².